The van der Waals surface area contributed by atoms with E-state index >= 15 is 0 Å². The fraction of sp³-hybridized carbons (Fsp3) is 0.323. The van der Waals surface area contributed by atoms with Crippen molar-refractivity contribution in [3.05, 3.63) is 106 Å². The number of carbonyl (C=O) groups is 1. The number of halogens is 1. The summed E-state index contributed by atoms with van der Waals surface area (Å²) in [7, 11) is 0. The van der Waals surface area contributed by atoms with Gasteiger partial charge in [0.2, 0.25) is 5.91 Å². The van der Waals surface area contributed by atoms with E-state index in [2.05, 4.69) is 77.6 Å². The Balaban J connectivity index is 1.51. The number of hydrogen-bond donors (Lipinski definition) is 1. The van der Waals surface area contributed by atoms with Crippen LogP contribution in [0.2, 0.25) is 5.02 Å². The molecular weight excluding hydrogens is 452 g/mol. The monoisotopic (exact) mass is 484 g/mol. The van der Waals surface area contributed by atoms with Crippen LogP contribution < -0.4 is 5.32 Å². The Morgan fingerprint density at radius 1 is 1.00 bits per heavy atom. The summed E-state index contributed by atoms with van der Waals surface area (Å²) in [5, 5.41) is 5.21. The molecule has 5 rings (SSSR count). The number of nitrogens with zero attached hydrogens (tertiary/aromatic N) is 1. The van der Waals surface area contributed by atoms with Gasteiger partial charge in [-0.2, -0.15) is 0 Å². The SMILES string of the molecule is Cc1ccc(Cn2cc([C@@H](CC(=O)NC3CCCCC3)c3cccc(Cl)c3)c3ccccc32)cc1. The molecule has 1 aromatic heterocycles. The maximum absolute atomic E-state index is 13.3. The molecule has 0 saturated heterocycles. The molecule has 4 heteroatoms. The first-order valence-electron chi connectivity index (χ1n) is 12.7. The van der Waals surface area contributed by atoms with Gasteiger partial charge in [-0.25, -0.2) is 0 Å². The van der Waals surface area contributed by atoms with Crippen LogP contribution in [-0.4, -0.2) is 16.5 Å². The number of fused-ring (bicyclic) bond motifs is 1. The lowest BCUT2D eigenvalue weighted by Gasteiger charge is -2.24. The number of hydrogen-bond acceptors (Lipinski definition) is 1. The highest BCUT2D eigenvalue weighted by atomic mass is 35.5. The van der Waals surface area contributed by atoms with E-state index in [0.29, 0.717) is 17.5 Å². The smallest absolute Gasteiger partial charge is 0.221 e. The topological polar surface area (TPSA) is 34.0 Å². The molecule has 35 heavy (non-hydrogen) atoms. The first-order valence-corrected chi connectivity index (χ1v) is 13.1. The quantitative estimate of drug-likeness (QED) is 0.287. The third-order valence-electron chi connectivity index (χ3n) is 7.28. The second-order valence-corrected chi connectivity index (χ2v) is 10.4. The molecule has 0 radical (unpaired) electrons. The van der Waals surface area contributed by atoms with Crippen molar-refractivity contribution >= 4 is 28.4 Å². The lowest BCUT2D eigenvalue weighted by atomic mass is 9.87. The van der Waals surface area contributed by atoms with Gasteiger partial charge in [-0.05, 0) is 54.7 Å². The van der Waals surface area contributed by atoms with E-state index in [1.807, 2.05) is 18.2 Å². The van der Waals surface area contributed by atoms with Crippen molar-refractivity contribution in [3.8, 4) is 0 Å². The molecule has 1 atom stereocenters. The van der Waals surface area contributed by atoms with E-state index in [0.717, 1.165) is 24.9 Å². The van der Waals surface area contributed by atoms with E-state index in [-0.39, 0.29) is 11.8 Å². The predicted molar refractivity (Wildman–Crippen MR) is 145 cm³/mol. The molecule has 0 aliphatic heterocycles. The molecule has 1 heterocycles. The molecule has 1 aliphatic carbocycles. The van der Waals surface area contributed by atoms with Gasteiger partial charge in [-0.15, -0.1) is 0 Å². The molecule has 1 saturated carbocycles. The summed E-state index contributed by atoms with van der Waals surface area (Å²) in [6.07, 6.45) is 8.51. The lowest BCUT2D eigenvalue weighted by molar-refractivity contribution is -0.122. The molecule has 3 nitrogen and oxygen atoms in total. The number of carbonyl (C=O) groups excluding carboxylic acids is 1. The lowest BCUT2D eigenvalue weighted by Crippen LogP contribution is -2.36. The number of benzene rings is 3. The Morgan fingerprint density at radius 3 is 2.54 bits per heavy atom. The van der Waals surface area contributed by atoms with Crippen molar-refractivity contribution in [1.82, 2.24) is 9.88 Å². The molecule has 3 aromatic carbocycles. The maximum Gasteiger partial charge on any atom is 0.221 e. The molecule has 1 aliphatic rings. The minimum atomic E-state index is -0.0681. The summed E-state index contributed by atoms with van der Waals surface area (Å²) < 4.78 is 2.31. The molecule has 180 valence electrons. The third-order valence-corrected chi connectivity index (χ3v) is 7.51. The second-order valence-electron chi connectivity index (χ2n) is 9.93. The van der Waals surface area contributed by atoms with Crippen molar-refractivity contribution < 1.29 is 4.79 Å². The molecule has 1 amide bonds. The molecule has 0 unspecified atom stereocenters. The van der Waals surface area contributed by atoms with Crippen LogP contribution in [0.15, 0.2) is 79.0 Å². The van der Waals surface area contributed by atoms with Crippen LogP contribution >= 0.6 is 11.6 Å². The van der Waals surface area contributed by atoms with Gasteiger partial charge < -0.3 is 9.88 Å². The summed E-state index contributed by atoms with van der Waals surface area (Å²) in [4.78, 5) is 13.3. The zero-order valence-corrected chi connectivity index (χ0v) is 21.1. The minimum absolute atomic E-state index is 0.0681. The van der Waals surface area contributed by atoms with E-state index in [4.69, 9.17) is 11.6 Å². The average molecular weight is 485 g/mol. The van der Waals surface area contributed by atoms with Crippen LogP contribution in [0, 0.1) is 6.92 Å². The zero-order valence-electron chi connectivity index (χ0n) is 20.3. The first-order chi connectivity index (χ1) is 17.1. The van der Waals surface area contributed by atoms with E-state index in [9.17, 15) is 4.79 Å². The highest BCUT2D eigenvalue weighted by molar-refractivity contribution is 6.30. The second kappa shape index (κ2) is 10.7. The van der Waals surface area contributed by atoms with Crippen LogP contribution in [-0.2, 0) is 11.3 Å². The maximum atomic E-state index is 13.3. The standard InChI is InChI=1S/C31H33ClN2O/c1-22-14-16-23(17-15-22)20-34-21-29(27-12-5-6-13-30(27)34)28(24-8-7-9-25(32)18-24)19-31(35)33-26-10-3-2-4-11-26/h5-9,12-18,21,26,28H,2-4,10-11,19-20H2,1H3,(H,33,35)/t28-/m0/s1. The minimum Gasteiger partial charge on any atom is -0.353 e. The number of nitrogens with one attached hydrogen (secondary N) is 1. The summed E-state index contributed by atoms with van der Waals surface area (Å²) in [6, 6.07) is 25.5. The van der Waals surface area contributed by atoms with Crippen molar-refractivity contribution in [2.45, 2.75) is 64.0 Å². The predicted octanol–water partition coefficient (Wildman–Crippen LogP) is 7.62. The van der Waals surface area contributed by atoms with Crippen molar-refractivity contribution in [2.75, 3.05) is 0 Å². The van der Waals surface area contributed by atoms with Gasteiger partial charge in [0.1, 0.15) is 0 Å². The highest BCUT2D eigenvalue weighted by Crippen LogP contribution is 2.36. The molecule has 4 aromatic rings. The number of amides is 1. The van der Waals surface area contributed by atoms with E-state index in [1.54, 1.807) is 0 Å². The van der Waals surface area contributed by atoms with Gasteiger partial charge in [0.05, 0.1) is 0 Å². The van der Waals surface area contributed by atoms with Crippen LogP contribution in [0.3, 0.4) is 0 Å². The van der Waals surface area contributed by atoms with E-state index in [1.165, 1.54) is 46.9 Å². The van der Waals surface area contributed by atoms with Gasteiger partial charge in [0.15, 0.2) is 0 Å². The van der Waals surface area contributed by atoms with Crippen molar-refractivity contribution in [3.63, 3.8) is 0 Å². The zero-order chi connectivity index (χ0) is 24.2. The van der Waals surface area contributed by atoms with Gasteiger partial charge in [-0.3, -0.25) is 4.79 Å². The summed E-state index contributed by atoms with van der Waals surface area (Å²) in [5.74, 6) is 0.0544. The van der Waals surface area contributed by atoms with E-state index < -0.39 is 0 Å². The fourth-order valence-electron chi connectivity index (χ4n) is 5.42. The summed E-state index contributed by atoms with van der Waals surface area (Å²) in [5.41, 5.74) is 5.96. The summed E-state index contributed by atoms with van der Waals surface area (Å²) in [6.45, 7) is 2.90. The number of aryl methyl sites for hydroxylation is 1. The summed E-state index contributed by atoms with van der Waals surface area (Å²) >= 11 is 6.41. The van der Waals surface area contributed by atoms with Gasteiger partial charge in [0.25, 0.3) is 0 Å². The Hall–Kier alpha value is -3.04. The van der Waals surface area contributed by atoms with Crippen LogP contribution in [0.4, 0.5) is 0 Å². The Morgan fingerprint density at radius 2 is 1.77 bits per heavy atom. The largest absolute Gasteiger partial charge is 0.353 e. The fourth-order valence-corrected chi connectivity index (χ4v) is 5.62. The van der Waals surface area contributed by atoms with Crippen molar-refractivity contribution in [1.29, 1.82) is 0 Å². The average Bonchev–Trinajstić information content (AvgIpc) is 3.23. The number of rotatable bonds is 7. The van der Waals surface area contributed by atoms with Gasteiger partial charge in [-0.1, -0.05) is 91.0 Å². The molecular formula is C31H33ClN2O. The molecule has 0 spiro atoms. The van der Waals surface area contributed by atoms with Crippen molar-refractivity contribution in [2.24, 2.45) is 0 Å². The highest BCUT2D eigenvalue weighted by Gasteiger charge is 2.25. The van der Waals surface area contributed by atoms with Crippen LogP contribution in [0.5, 0.6) is 0 Å². The van der Waals surface area contributed by atoms with Gasteiger partial charge >= 0.3 is 0 Å². The Bertz CT molecular complexity index is 1300. The van der Waals surface area contributed by atoms with Gasteiger partial charge in [0, 0.05) is 47.0 Å². The Labute approximate surface area is 213 Å². The van der Waals surface area contributed by atoms with Crippen LogP contribution in [0.1, 0.15) is 66.7 Å². The first kappa shape index (κ1) is 23.7. The number of aromatic nitrogens is 1. The number of para-hydroxylation sites is 1. The molecule has 1 N–H and O–H groups in total. The third kappa shape index (κ3) is 5.62. The molecule has 0 bridgehead atoms. The van der Waals surface area contributed by atoms with Crippen LogP contribution in [0.25, 0.3) is 10.9 Å². The normalized spacial score (nSPS) is 15.3. The molecule has 1 fully saturated rings. The Kier molecular flexibility index (Phi) is 7.24.